The van der Waals surface area contributed by atoms with Crippen molar-refractivity contribution in [2.45, 2.75) is 51.9 Å². The van der Waals surface area contributed by atoms with Gasteiger partial charge in [-0.3, -0.25) is 4.79 Å². The minimum Gasteiger partial charge on any atom is -0.449 e. The molecule has 0 saturated carbocycles. The number of amides is 1. The maximum atomic E-state index is 11.3. The highest BCUT2D eigenvalue weighted by atomic mass is 16.7. The molecule has 1 aromatic carbocycles. The van der Waals surface area contributed by atoms with Gasteiger partial charge in [-0.2, -0.15) is 0 Å². The van der Waals surface area contributed by atoms with Crippen LogP contribution in [0.3, 0.4) is 0 Å². The lowest BCUT2D eigenvalue weighted by molar-refractivity contribution is -0.119. The molecule has 0 spiro atoms. The van der Waals surface area contributed by atoms with Crippen molar-refractivity contribution < 1.29 is 14.3 Å². The Morgan fingerprint density at radius 3 is 2.77 bits per heavy atom. The van der Waals surface area contributed by atoms with Crippen molar-refractivity contribution in [2.24, 2.45) is 0 Å². The predicted molar refractivity (Wildman–Crippen MR) is 83.3 cm³/mol. The van der Waals surface area contributed by atoms with E-state index < -0.39 is 5.79 Å². The Bertz CT molecular complexity index is 776. The van der Waals surface area contributed by atoms with Gasteiger partial charge >= 0.3 is 0 Å². The molecule has 0 saturated heterocycles. The van der Waals surface area contributed by atoms with Gasteiger partial charge in [0.15, 0.2) is 11.5 Å². The molecule has 22 heavy (non-hydrogen) atoms. The fourth-order valence-electron chi connectivity index (χ4n) is 3.55. The summed E-state index contributed by atoms with van der Waals surface area (Å²) in [4.78, 5) is 14.8. The SMILES string of the molecule is CC(=O)NC1CCc2[nH]c3cc4c(cc3c2C1)OC(C)(C)O4. The Labute approximate surface area is 129 Å². The zero-order valence-electron chi connectivity index (χ0n) is 13.1. The minimum atomic E-state index is -0.611. The number of H-pyrrole nitrogens is 1. The van der Waals surface area contributed by atoms with Crippen LogP contribution in [0.15, 0.2) is 12.1 Å². The van der Waals surface area contributed by atoms with Gasteiger partial charge in [-0.1, -0.05) is 0 Å². The van der Waals surface area contributed by atoms with Crippen LogP contribution >= 0.6 is 0 Å². The van der Waals surface area contributed by atoms with E-state index in [9.17, 15) is 4.79 Å². The molecule has 1 atom stereocenters. The second kappa shape index (κ2) is 4.41. The average molecular weight is 300 g/mol. The van der Waals surface area contributed by atoms with Gasteiger partial charge in [-0.15, -0.1) is 0 Å². The summed E-state index contributed by atoms with van der Waals surface area (Å²) in [6.07, 6.45) is 2.78. The van der Waals surface area contributed by atoms with E-state index in [1.54, 1.807) is 6.92 Å². The van der Waals surface area contributed by atoms with E-state index in [0.717, 1.165) is 36.3 Å². The Morgan fingerprint density at radius 1 is 1.32 bits per heavy atom. The molecule has 1 aromatic heterocycles. The number of aryl methyl sites for hydroxylation is 1. The van der Waals surface area contributed by atoms with Crippen LogP contribution in [0.4, 0.5) is 0 Å². The van der Waals surface area contributed by atoms with Crippen LogP contribution in [0, 0.1) is 0 Å². The summed E-state index contributed by atoms with van der Waals surface area (Å²) < 4.78 is 11.7. The van der Waals surface area contributed by atoms with Crippen LogP contribution in [0.1, 0.15) is 38.4 Å². The van der Waals surface area contributed by atoms with Gasteiger partial charge < -0.3 is 19.8 Å². The van der Waals surface area contributed by atoms with Gasteiger partial charge in [0.1, 0.15) is 0 Å². The average Bonchev–Trinajstić information content (AvgIpc) is 2.89. The highest BCUT2D eigenvalue weighted by Crippen LogP contribution is 2.43. The summed E-state index contributed by atoms with van der Waals surface area (Å²) >= 11 is 0. The molecule has 0 radical (unpaired) electrons. The van der Waals surface area contributed by atoms with E-state index >= 15 is 0 Å². The van der Waals surface area contributed by atoms with E-state index in [1.165, 1.54) is 16.6 Å². The van der Waals surface area contributed by atoms with Crippen molar-refractivity contribution in [3.63, 3.8) is 0 Å². The number of benzene rings is 1. The first kappa shape index (κ1) is 13.5. The lowest BCUT2D eigenvalue weighted by Gasteiger charge is -2.23. The number of ether oxygens (including phenoxy) is 2. The first-order valence-electron chi connectivity index (χ1n) is 7.74. The first-order chi connectivity index (χ1) is 10.4. The Balaban J connectivity index is 1.74. The van der Waals surface area contributed by atoms with E-state index in [1.807, 2.05) is 19.9 Å². The quantitative estimate of drug-likeness (QED) is 0.851. The summed E-state index contributed by atoms with van der Waals surface area (Å²) in [6.45, 7) is 5.39. The molecule has 5 nitrogen and oxygen atoms in total. The van der Waals surface area contributed by atoms with Crippen molar-refractivity contribution in [3.8, 4) is 11.5 Å². The number of aromatic amines is 1. The maximum Gasteiger partial charge on any atom is 0.246 e. The molecule has 1 aliphatic carbocycles. The molecular formula is C17H20N2O3. The van der Waals surface area contributed by atoms with Crippen molar-refractivity contribution in [1.29, 1.82) is 0 Å². The van der Waals surface area contributed by atoms with E-state index in [4.69, 9.17) is 9.47 Å². The molecule has 1 aliphatic heterocycles. The molecule has 1 unspecified atom stereocenters. The number of fused-ring (bicyclic) bond motifs is 4. The number of carbonyl (C=O) groups excluding carboxylic acids is 1. The second-order valence-corrected chi connectivity index (χ2v) is 6.67. The summed E-state index contributed by atoms with van der Waals surface area (Å²) in [6, 6.07) is 4.29. The van der Waals surface area contributed by atoms with Crippen LogP contribution in [0.5, 0.6) is 11.5 Å². The minimum absolute atomic E-state index is 0.0349. The normalized spacial score (nSPS) is 21.7. The topological polar surface area (TPSA) is 63.4 Å². The van der Waals surface area contributed by atoms with Gasteiger partial charge in [0.2, 0.25) is 11.7 Å². The monoisotopic (exact) mass is 300 g/mol. The Morgan fingerprint density at radius 2 is 2.05 bits per heavy atom. The fourth-order valence-corrected chi connectivity index (χ4v) is 3.55. The van der Waals surface area contributed by atoms with E-state index in [2.05, 4.69) is 16.4 Å². The lowest BCUT2D eigenvalue weighted by atomic mass is 9.91. The molecule has 116 valence electrons. The molecule has 0 bridgehead atoms. The van der Waals surface area contributed by atoms with Crippen LogP contribution in [-0.4, -0.2) is 22.7 Å². The molecular weight excluding hydrogens is 280 g/mol. The third kappa shape index (κ3) is 2.12. The van der Waals surface area contributed by atoms with Crippen LogP contribution in [0.2, 0.25) is 0 Å². The number of hydrogen-bond donors (Lipinski definition) is 2. The highest BCUT2D eigenvalue weighted by Gasteiger charge is 2.33. The lowest BCUT2D eigenvalue weighted by Crippen LogP contribution is -2.37. The number of carbonyl (C=O) groups is 1. The van der Waals surface area contributed by atoms with Crippen molar-refractivity contribution in [3.05, 3.63) is 23.4 Å². The van der Waals surface area contributed by atoms with Crippen LogP contribution in [0.25, 0.3) is 10.9 Å². The molecule has 2 heterocycles. The number of rotatable bonds is 1. The molecule has 1 amide bonds. The maximum absolute atomic E-state index is 11.3. The molecule has 2 N–H and O–H groups in total. The largest absolute Gasteiger partial charge is 0.449 e. The van der Waals surface area contributed by atoms with Gasteiger partial charge in [0.25, 0.3) is 0 Å². The molecule has 2 aromatic rings. The highest BCUT2D eigenvalue weighted by molar-refractivity contribution is 5.88. The van der Waals surface area contributed by atoms with Crippen molar-refractivity contribution in [1.82, 2.24) is 10.3 Å². The van der Waals surface area contributed by atoms with Gasteiger partial charge in [-0.05, 0) is 30.9 Å². The molecule has 5 heteroatoms. The second-order valence-electron chi connectivity index (χ2n) is 6.67. The van der Waals surface area contributed by atoms with Gasteiger partial charge in [0, 0.05) is 49.5 Å². The van der Waals surface area contributed by atoms with Gasteiger partial charge in [-0.25, -0.2) is 0 Å². The van der Waals surface area contributed by atoms with Crippen molar-refractivity contribution >= 4 is 16.8 Å². The molecule has 4 rings (SSSR count). The summed E-state index contributed by atoms with van der Waals surface area (Å²) in [5, 5.41) is 4.21. The van der Waals surface area contributed by atoms with E-state index in [-0.39, 0.29) is 11.9 Å². The molecule has 2 aliphatic rings. The predicted octanol–water partition coefficient (Wildman–Crippen LogP) is 2.67. The first-order valence-corrected chi connectivity index (χ1v) is 7.74. The van der Waals surface area contributed by atoms with Gasteiger partial charge in [0.05, 0.1) is 0 Å². The zero-order valence-corrected chi connectivity index (χ0v) is 13.1. The van der Waals surface area contributed by atoms with E-state index in [0.29, 0.717) is 0 Å². The Hall–Kier alpha value is -2.17. The van der Waals surface area contributed by atoms with Crippen molar-refractivity contribution in [2.75, 3.05) is 0 Å². The zero-order chi connectivity index (χ0) is 15.5. The summed E-state index contributed by atoms with van der Waals surface area (Å²) in [5.41, 5.74) is 3.63. The summed E-state index contributed by atoms with van der Waals surface area (Å²) in [7, 11) is 0. The summed E-state index contributed by atoms with van der Waals surface area (Å²) in [5.74, 6) is 1.00. The van der Waals surface area contributed by atoms with Crippen LogP contribution in [-0.2, 0) is 17.6 Å². The Kier molecular flexibility index (Phi) is 2.71. The number of aromatic nitrogens is 1. The number of nitrogens with one attached hydrogen (secondary N) is 2. The van der Waals surface area contributed by atoms with Crippen LogP contribution < -0.4 is 14.8 Å². The third-order valence-electron chi connectivity index (χ3n) is 4.37. The molecule has 0 fully saturated rings. The standard InChI is InChI=1S/C17H20N2O3/c1-9(20)18-10-4-5-13-11(6-10)12-7-15-16(8-14(12)19-13)22-17(2,3)21-15/h7-8,10,19H,4-6H2,1-3H3,(H,18,20). The smallest absolute Gasteiger partial charge is 0.246 e. The third-order valence-corrected chi connectivity index (χ3v) is 4.37. The number of hydrogen-bond acceptors (Lipinski definition) is 3. The fraction of sp³-hybridized carbons (Fsp3) is 0.471.